The van der Waals surface area contributed by atoms with E-state index in [9.17, 15) is 10.1 Å². The van der Waals surface area contributed by atoms with Gasteiger partial charge in [-0.05, 0) is 25.1 Å². The summed E-state index contributed by atoms with van der Waals surface area (Å²) in [5.74, 6) is -0.395. The van der Waals surface area contributed by atoms with Gasteiger partial charge in [-0.15, -0.1) is 0 Å². The van der Waals surface area contributed by atoms with Crippen LogP contribution in [0.5, 0.6) is 0 Å². The molecule has 0 atom stereocenters. The lowest BCUT2D eigenvalue weighted by Crippen LogP contribution is -2.17. The number of rotatable bonds is 4. The molecule has 0 radical (unpaired) electrons. The van der Waals surface area contributed by atoms with Crippen LogP contribution in [0.3, 0.4) is 0 Å². The van der Waals surface area contributed by atoms with Gasteiger partial charge in [0.2, 0.25) is 0 Å². The van der Waals surface area contributed by atoms with E-state index in [1.807, 2.05) is 31.2 Å². The van der Waals surface area contributed by atoms with Crippen molar-refractivity contribution in [1.29, 1.82) is 0 Å². The van der Waals surface area contributed by atoms with Crippen molar-refractivity contribution in [2.75, 3.05) is 0 Å². The Balaban J connectivity index is 2.40. The SMILES string of the molecule is Cc1cccc(Sc2ccc([N+](=O)[O-])c(/C(N)=N/O)n2)c1. The lowest BCUT2D eigenvalue weighted by Gasteiger charge is -2.05. The van der Waals surface area contributed by atoms with Gasteiger partial charge in [0.15, 0.2) is 11.5 Å². The molecular weight excluding hydrogens is 292 g/mol. The molecule has 2 aromatic rings. The maximum atomic E-state index is 10.9. The standard InChI is InChI=1S/C13H12N4O3S/c1-8-3-2-4-9(7-8)21-11-6-5-10(17(19)20)12(15-11)13(14)16-18/h2-7,18H,1H3,(H2,14,16). The zero-order valence-electron chi connectivity index (χ0n) is 11.1. The molecular formula is C13H12N4O3S. The average molecular weight is 304 g/mol. The Kier molecular flexibility index (Phi) is 4.39. The molecule has 0 fully saturated rings. The molecule has 1 aromatic heterocycles. The highest BCUT2D eigenvalue weighted by molar-refractivity contribution is 7.99. The van der Waals surface area contributed by atoms with E-state index in [0.717, 1.165) is 10.5 Å². The van der Waals surface area contributed by atoms with E-state index in [1.165, 1.54) is 23.9 Å². The summed E-state index contributed by atoms with van der Waals surface area (Å²) in [6.07, 6.45) is 0. The summed E-state index contributed by atoms with van der Waals surface area (Å²) in [7, 11) is 0. The Labute approximate surface area is 124 Å². The highest BCUT2D eigenvalue weighted by Crippen LogP contribution is 2.29. The minimum absolute atomic E-state index is 0.153. The van der Waals surface area contributed by atoms with Crippen molar-refractivity contribution < 1.29 is 10.1 Å². The number of aromatic nitrogens is 1. The van der Waals surface area contributed by atoms with E-state index in [1.54, 1.807) is 0 Å². The minimum atomic E-state index is -0.624. The van der Waals surface area contributed by atoms with Crippen LogP contribution in [0.25, 0.3) is 0 Å². The maximum absolute atomic E-state index is 10.9. The van der Waals surface area contributed by atoms with Gasteiger partial charge < -0.3 is 10.9 Å². The Bertz CT molecular complexity index is 718. The molecule has 1 heterocycles. The van der Waals surface area contributed by atoms with Crippen molar-refractivity contribution in [3.05, 3.63) is 57.8 Å². The van der Waals surface area contributed by atoms with Crippen LogP contribution in [0.2, 0.25) is 0 Å². The van der Waals surface area contributed by atoms with Crippen LogP contribution in [0.1, 0.15) is 11.3 Å². The monoisotopic (exact) mass is 304 g/mol. The molecule has 0 spiro atoms. The predicted molar refractivity (Wildman–Crippen MR) is 78.7 cm³/mol. The number of oxime groups is 1. The van der Waals surface area contributed by atoms with Gasteiger partial charge in [0.1, 0.15) is 5.03 Å². The molecule has 0 amide bonds. The second-order valence-electron chi connectivity index (χ2n) is 4.18. The Morgan fingerprint density at radius 2 is 2.19 bits per heavy atom. The molecule has 2 rings (SSSR count). The summed E-state index contributed by atoms with van der Waals surface area (Å²) in [4.78, 5) is 15.3. The van der Waals surface area contributed by atoms with Crippen LogP contribution in [-0.2, 0) is 0 Å². The third kappa shape index (κ3) is 3.48. The molecule has 3 N–H and O–H groups in total. The second-order valence-corrected chi connectivity index (χ2v) is 5.27. The molecule has 8 heteroatoms. The van der Waals surface area contributed by atoms with Crippen LogP contribution < -0.4 is 5.73 Å². The van der Waals surface area contributed by atoms with E-state index in [4.69, 9.17) is 10.9 Å². The molecule has 0 bridgehead atoms. The minimum Gasteiger partial charge on any atom is -0.409 e. The van der Waals surface area contributed by atoms with Crippen LogP contribution in [0.4, 0.5) is 5.69 Å². The zero-order chi connectivity index (χ0) is 15.4. The van der Waals surface area contributed by atoms with Gasteiger partial charge in [-0.2, -0.15) is 0 Å². The third-order valence-corrected chi connectivity index (χ3v) is 3.53. The molecule has 0 aliphatic rings. The van der Waals surface area contributed by atoms with Gasteiger partial charge >= 0.3 is 0 Å². The number of aryl methyl sites for hydroxylation is 1. The van der Waals surface area contributed by atoms with Crippen molar-refractivity contribution >= 4 is 23.3 Å². The number of hydrogen-bond acceptors (Lipinski definition) is 6. The van der Waals surface area contributed by atoms with Gasteiger partial charge in [-0.3, -0.25) is 10.1 Å². The Morgan fingerprint density at radius 1 is 1.43 bits per heavy atom. The van der Waals surface area contributed by atoms with E-state index < -0.39 is 10.8 Å². The van der Waals surface area contributed by atoms with Crippen LogP contribution in [-0.4, -0.2) is 21.0 Å². The fourth-order valence-electron chi connectivity index (χ4n) is 1.67. The summed E-state index contributed by atoms with van der Waals surface area (Å²) < 4.78 is 0. The number of pyridine rings is 1. The van der Waals surface area contributed by atoms with E-state index in [-0.39, 0.29) is 11.4 Å². The van der Waals surface area contributed by atoms with Crippen LogP contribution >= 0.6 is 11.8 Å². The summed E-state index contributed by atoms with van der Waals surface area (Å²) in [5, 5.41) is 22.9. The fourth-order valence-corrected chi connectivity index (χ4v) is 2.58. The van der Waals surface area contributed by atoms with E-state index in [2.05, 4.69) is 10.1 Å². The number of benzene rings is 1. The second kappa shape index (κ2) is 6.23. The first-order chi connectivity index (χ1) is 10.0. The van der Waals surface area contributed by atoms with Gasteiger partial charge in [-0.1, -0.05) is 34.6 Å². The van der Waals surface area contributed by atoms with Gasteiger partial charge in [-0.25, -0.2) is 4.98 Å². The van der Waals surface area contributed by atoms with Crippen molar-refractivity contribution in [2.45, 2.75) is 16.8 Å². The zero-order valence-corrected chi connectivity index (χ0v) is 11.9. The molecule has 0 aliphatic carbocycles. The number of hydrogen-bond donors (Lipinski definition) is 2. The van der Waals surface area contributed by atoms with E-state index in [0.29, 0.717) is 5.03 Å². The maximum Gasteiger partial charge on any atom is 0.298 e. The lowest BCUT2D eigenvalue weighted by molar-refractivity contribution is -0.385. The largest absolute Gasteiger partial charge is 0.409 e. The molecule has 0 unspecified atom stereocenters. The summed E-state index contributed by atoms with van der Waals surface area (Å²) >= 11 is 1.34. The van der Waals surface area contributed by atoms with Gasteiger partial charge in [0, 0.05) is 11.0 Å². The third-order valence-electron chi connectivity index (χ3n) is 2.61. The van der Waals surface area contributed by atoms with Crippen molar-refractivity contribution in [3.8, 4) is 0 Å². The summed E-state index contributed by atoms with van der Waals surface area (Å²) in [6, 6.07) is 10.6. The lowest BCUT2D eigenvalue weighted by atomic mass is 10.2. The highest BCUT2D eigenvalue weighted by atomic mass is 32.2. The van der Waals surface area contributed by atoms with Crippen molar-refractivity contribution in [1.82, 2.24) is 4.98 Å². The van der Waals surface area contributed by atoms with Crippen LogP contribution in [0.15, 0.2) is 51.5 Å². The topological polar surface area (TPSA) is 115 Å². The smallest absolute Gasteiger partial charge is 0.298 e. The van der Waals surface area contributed by atoms with Gasteiger partial charge in [0.05, 0.1) is 4.92 Å². The first-order valence-electron chi connectivity index (χ1n) is 5.89. The first-order valence-corrected chi connectivity index (χ1v) is 6.71. The van der Waals surface area contributed by atoms with Crippen molar-refractivity contribution in [2.24, 2.45) is 10.9 Å². The number of nitro groups is 1. The summed E-state index contributed by atoms with van der Waals surface area (Å²) in [5.41, 5.74) is 6.08. The molecule has 0 saturated heterocycles. The molecule has 0 saturated carbocycles. The first kappa shape index (κ1) is 14.8. The molecule has 1 aromatic carbocycles. The molecule has 21 heavy (non-hydrogen) atoms. The molecule has 7 nitrogen and oxygen atoms in total. The normalized spacial score (nSPS) is 11.4. The fraction of sp³-hybridized carbons (Fsp3) is 0.0769. The van der Waals surface area contributed by atoms with Gasteiger partial charge in [0.25, 0.3) is 5.69 Å². The average Bonchev–Trinajstić information content (AvgIpc) is 2.46. The highest BCUT2D eigenvalue weighted by Gasteiger charge is 2.20. The van der Waals surface area contributed by atoms with E-state index >= 15 is 0 Å². The molecule has 0 aliphatic heterocycles. The predicted octanol–water partition coefficient (Wildman–Crippen LogP) is 2.54. The quantitative estimate of drug-likeness (QED) is 0.295. The molecule has 108 valence electrons. The summed E-state index contributed by atoms with van der Waals surface area (Å²) in [6.45, 7) is 1.97. The number of nitrogens with two attached hydrogens (primary N) is 1. The Hall–Kier alpha value is -2.61. The number of nitrogens with zero attached hydrogens (tertiary/aromatic N) is 3. The number of amidine groups is 1. The van der Waals surface area contributed by atoms with Crippen molar-refractivity contribution in [3.63, 3.8) is 0 Å². The Morgan fingerprint density at radius 3 is 2.81 bits per heavy atom. The van der Waals surface area contributed by atoms with Crippen LogP contribution in [0, 0.1) is 17.0 Å².